The third kappa shape index (κ3) is 3.22. The second kappa shape index (κ2) is 7.94. The highest BCUT2D eigenvalue weighted by atomic mass is 19.1. The van der Waals surface area contributed by atoms with Crippen LogP contribution in [0.2, 0.25) is 0 Å². The molecular formula is C28H26FNO2. The number of hydrogen-bond acceptors (Lipinski definition) is 2. The zero-order chi connectivity index (χ0) is 22.4. The highest BCUT2D eigenvalue weighted by Crippen LogP contribution is 2.41. The quantitative estimate of drug-likeness (QED) is 0.350. The van der Waals surface area contributed by atoms with Crippen molar-refractivity contribution in [3.63, 3.8) is 0 Å². The number of nitrogens with one attached hydrogen (secondary N) is 1. The smallest absolute Gasteiger partial charge is 0.155 e. The van der Waals surface area contributed by atoms with Gasteiger partial charge in [-0.15, -0.1) is 0 Å². The zero-order valence-electron chi connectivity index (χ0n) is 18.6. The van der Waals surface area contributed by atoms with Crippen LogP contribution < -0.4 is 4.74 Å². The molecule has 0 radical (unpaired) electrons. The Hall–Kier alpha value is -3.40. The maximum atomic E-state index is 15.8. The van der Waals surface area contributed by atoms with Crippen molar-refractivity contribution in [3.8, 4) is 28.1 Å². The molecule has 1 aliphatic rings. The van der Waals surface area contributed by atoms with Gasteiger partial charge in [0.25, 0.3) is 0 Å². The van der Waals surface area contributed by atoms with Gasteiger partial charge in [0, 0.05) is 22.1 Å². The van der Waals surface area contributed by atoms with Crippen molar-refractivity contribution in [2.45, 2.75) is 40.0 Å². The van der Waals surface area contributed by atoms with Crippen molar-refractivity contribution in [1.82, 2.24) is 4.98 Å². The number of aryl methyl sites for hydroxylation is 4. The minimum Gasteiger partial charge on any atom is -0.493 e. The largest absolute Gasteiger partial charge is 0.493 e. The maximum Gasteiger partial charge on any atom is 0.155 e. The fourth-order valence-electron chi connectivity index (χ4n) is 4.93. The molecule has 162 valence electrons. The Labute approximate surface area is 187 Å². The number of aromatic nitrogens is 1. The maximum absolute atomic E-state index is 15.8. The Bertz CT molecular complexity index is 1340. The van der Waals surface area contributed by atoms with E-state index < -0.39 is 0 Å². The molecule has 4 aromatic rings. The molecule has 0 fully saturated rings. The summed E-state index contributed by atoms with van der Waals surface area (Å²) >= 11 is 0. The lowest BCUT2D eigenvalue weighted by molar-refractivity contribution is 0.112. The van der Waals surface area contributed by atoms with Gasteiger partial charge < -0.3 is 9.72 Å². The fraction of sp³-hybridized carbons (Fsp3) is 0.250. The van der Waals surface area contributed by atoms with E-state index >= 15 is 4.39 Å². The van der Waals surface area contributed by atoms with Crippen LogP contribution in [0.25, 0.3) is 33.3 Å². The molecule has 3 aromatic carbocycles. The predicted octanol–water partition coefficient (Wildman–Crippen LogP) is 6.96. The number of fused-ring (bicyclic) bond motifs is 5. The van der Waals surface area contributed by atoms with Crippen LogP contribution in [0, 0.1) is 19.7 Å². The Morgan fingerprint density at radius 2 is 1.78 bits per heavy atom. The van der Waals surface area contributed by atoms with Gasteiger partial charge in [-0.3, -0.25) is 4.79 Å². The fourth-order valence-corrected chi connectivity index (χ4v) is 4.93. The molecule has 1 aliphatic carbocycles. The number of rotatable bonds is 5. The van der Waals surface area contributed by atoms with E-state index in [1.54, 1.807) is 0 Å². The van der Waals surface area contributed by atoms with Crippen LogP contribution in [0.4, 0.5) is 4.39 Å². The number of hydrogen-bond donors (Lipinski definition) is 1. The van der Waals surface area contributed by atoms with E-state index in [1.807, 2.05) is 56.3 Å². The first-order valence-corrected chi connectivity index (χ1v) is 11.2. The van der Waals surface area contributed by atoms with Crippen LogP contribution in [-0.2, 0) is 12.8 Å². The average molecular weight is 428 g/mol. The van der Waals surface area contributed by atoms with Crippen molar-refractivity contribution in [2.75, 3.05) is 6.61 Å². The Balaban J connectivity index is 1.62. The third-order valence-corrected chi connectivity index (χ3v) is 6.42. The lowest BCUT2D eigenvalue weighted by Crippen LogP contribution is -2.03. The number of aromatic amines is 1. The van der Waals surface area contributed by atoms with Crippen molar-refractivity contribution in [2.24, 2.45) is 0 Å². The monoisotopic (exact) mass is 427 g/mol. The van der Waals surface area contributed by atoms with E-state index in [1.165, 1.54) is 0 Å². The summed E-state index contributed by atoms with van der Waals surface area (Å²) in [4.78, 5) is 14.5. The molecule has 0 saturated heterocycles. The molecule has 0 saturated carbocycles. The lowest BCUT2D eigenvalue weighted by Gasteiger charge is -2.17. The zero-order valence-corrected chi connectivity index (χ0v) is 18.6. The summed E-state index contributed by atoms with van der Waals surface area (Å²) in [7, 11) is 0. The number of ether oxygens (including phenoxy) is 1. The van der Waals surface area contributed by atoms with Gasteiger partial charge in [0.05, 0.1) is 17.8 Å². The Kier molecular flexibility index (Phi) is 5.09. The number of benzene rings is 3. The van der Waals surface area contributed by atoms with Gasteiger partial charge in [0.2, 0.25) is 0 Å². The number of H-pyrrole nitrogens is 1. The highest BCUT2D eigenvalue weighted by Gasteiger charge is 2.23. The minimum absolute atomic E-state index is 0.232. The summed E-state index contributed by atoms with van der Waals surface area (Å²) in [5.74, 6) is 0.655. The number of halogens is 1. The summed E-state index contributed by atoms with van der Waals surface area (Å²) in [6.07, 6.45) is 3.49. The van der Waals surface area contributed by atoms with E-state index in [0.717, 1.165) is 75.8 Å². The molecule has 1 N–H and O–H groups in total. The second-order valence-electron chi connectivity index (χ2n) is 8.65. The van der Waals surface area contributed by atoms with Crippen LogP contribution in [0.15, 0.2) is 42.5 Å². The summed E-state index contributed by atoms with van der Waals surface area (Å²) < 4.78 is 21.7. The molecule has 1 aromatic heterocycles. The van der Waals surface area contributed by atoms with E-state index in [4.69, 9.17) is 4.74 Å². The number of carbonyl (C=O) groups is 1. The van der Waals surface area contributed by atoms with Crippen LogP contribution in [0.1, 0.15) is 46.0 Å². The van der Waals surface area contributed by atoms with Crippen molar-refractivity contribution >= 4 is 17.2 Å². The van der Waals surface area contributed by atoms with Gasteiger partial charge >= 0.3 is 0 Å². The van der Waals surface area contributed by atoms with Gasteiger partial charge in [-0.05, 0) is 79.1 Å². The average Bonchev–Trinajstić information content (AvgIpc) is 3.18. The highest BCUT2D eigenvalue weighted by molar-refractivity contribution is 5.95. The van der Waals surface area contributed by atoms with Gasteiger partial charge in [0.1, 0.15) is 12.0 Å². The van der Waals surface area contributed by atoms with Crippen molar-refractivity contribution in [1.29, 1.82) is 0 Å². The first-order chi connectivity index (χ1) is 15.5. The molecule has 32 heavy (non-hydrogen) atoms. The molecule has 5 rings (SSSR count). The summed E-state index contributed by atoms with van der Waals surface area (Å²) in [5.41, 5.74) is 8.97. The first-order valence-electron chi connectivity index (χ1n) is 11.2. The summed E-state index contributed by atoms with van der Waals surface area (Å²) in [6.45, 7) is 6.77. The molecule has 1 heterocycles. The molecular weight excluding hydrogens is 401 g/mol. The molecule has 0 spiro atoms. The van der Waals surface area contributed by atoms with E-state index in [-0.39, 0.29) is 5.82 Å². The molecule has 0 unspecified atom stereocenters. The van der Waals surface area contributed by atoms with E-state index in [0.29, 0.717) is 23.3 Å². The predicted molar refractivity (Wildman–Crippen MR) is 127 cm³/mol. The Morgan fingerprint density at radius 1 is 1.03 bits per heavy atom. The molecule has 0 bridgehead atoms. The summed E-state index contributed by atoms with van der Waals surface area (Å²) in [6, 6.07) is 13.6. The minimum atomic E-state index is -0.232. The third-order valence-electron chi connectivity index (χ3n) is 6.42. The lowest BCUT2D eigenvalue weighted by atomic mass is 9.88. The molecule has 0 atom stereocenters. The number of carbonyl (C=O) groups excluding carboxylic acids is 1. The Morgan fingerprint density at radius 3 is 2.50 bits per heavy atom. The van der Waals surface area contributed by atoms with Gasteiger partial charge in [0.15, 0.2) is 5.82 Å². The van der Waals surface area contributed by atoms with Crippen LogP contribution in [0.3, 0.4) is 0 Å². The van der Waals surface area contributed by atoms with Crippen molar-refractivity contribution in [3.05, 3.63) is 76.1 Å². The normalized spacial score (nSPS) is 12.5. The molecule has 0 amide bonds. The molecule has 4 heteroatoms. The first kappa shape index (κ1) is 20.5. The van der Waals surface area contributed by atoms with E-state index in [9.17, 15) is 4.79 Å². The molecule has 0 aliphatic heterocycles. The van der Waals surface area contributed by atoms with Crippen LogP contribution in [0.5, 0.6) is 5.75 Å². The summed E-state index contributed by atoms with van der Waals surface area (Å²) in [5, 5.41) is 0.933. The SMILES string of the molecule is CCCOc1c(C)cc(-c2ccc3c4c([nH]c3c2F)-c2ccc(C=O)cc2CC4)cc1C. The topological polar surface area (TPSA) is 42.1 Å². The van der Waals surface area contributed by atoms with Crippen LogP contribution >= 0.6 is 0 Å². The standard InChI is InChI=1S/C28H26FNO2/c1-4-11-32-28-16(2)12-20(13-17(28)3)21-9-10-24-23-8-6-19-14-18(15-31)5-7-22(19)26(23)30-27(24)25(21)29/h5,7,9-10,12-15,30H,4,6,8,11H2,1-3H3. The van der Waals surface area contributed by atoms with E-state index in [2.05, 4.69) is 11.9 Å². The molecule has 3 nitrogen and oxygen atoms in total. The van der Waals surface area contributed by atoms with Gasteiger partial charge in [-0.1, -0.05) is 31.2 Å². The van der Waals surface area contributed by atoms with Crippen LogP contribution in [-0.4, -0.2) is 17.9 Å². The number of aldehydes is 1. The second-order valence-corrected chi connectivity index (χ2v) is 8.65. The van der Waals surface area contributed by atoms with Crippen molar-refractivity contribution < 1.29 is 13.9 Å². The van der Waals surface area contributed by atoms with Gasteiger partial charge in [-0.2, -0.15) is 0 Å². The van der Waals surface area contributed by atoms with Gasteiger partial charge in [-0.25, -0.2) is 4.39 Å².